The van der Waals surface area contributed by atoms with Crippen LogP contribution in [0.4, 0.5) is 0 Å². The number of fused-ring (bicyclic) bond motifs is 1. The number of hydrogen-bond acceptors (Lipinski definition) is 2. The standard InChI is InChI=1S/C17H33N3/c1-17(2,16(18)19)10-5-6-11-20-12-9-14-7-3-4-8-15(14)13-20/h14-15H,3-13H2,1-2H3,(H3,18,19). The van der Waals surface area contributed by atoms with Gasteiger partial charge in [-0.15, -0.1) is 0 Å². The molecular formula is C17H33N3. The molecule has 3 heteroatoms. The van der Waals surface area contributed by atoms with Gasteiger partial charge in [0.25, 0.3) is 0 Å². The van der Waals surface area contributed by atoms with Crippen molar-refractivity contribution in [1.82, 2.24) is 4.90 Å². The summed E-state index contributed by atoms with van der Waals surface area (Å²) in [5, 5.41) is 7.60. The molecule has 1 heterocycles. The van der Waals surface area contributed by atoms with Gasteiger partial charge in [-0.2, -0.15) is 0 Å². The Labute approximate surface area is 124 Å². The van der Waals surface area contributed by atoms with Gasteiger partial charge in [-0.1, -0.05) is 39.5 Å². The molecule has 2 unspecified atom stereocenters. The molecule has 1 aliphatic carbocycles. The van der Waals surface area contributed by atoms with Crippen molar-refractivity contribution in [2.24, 2.45) is 23.0 Å². The van der Waals surface area contributed by atoms with Crippen LogP contribution in [0.3, 0.4) is 0 Å². The third-order valence-electron chi connectivity index (χ3n) is 5.63. The van der Waals surface area contributed by atoms with Gasteiger partial charge in [0.15, 0.2) is 0 Å². The normalized spacial score (nSPS) is 28.1. The number of likely N-dealkylation sites (tertiary alicyclic amines) is 1. The molecular weight excluding hydrogens is 246 g/mol. The summed E-state index contributed by atoms with van der Waals surface area (Å²) in [6, 6.07) is 0. The summed E-state index contributed by atoms with van der Waals surface area (Å²) < 4.78 is 0. The Balaban J connectivity index is 1.64. The molecule has 0 aromatic carbocycles. The molecule has 2 atom stereocenters. The van der Waals surface area contributed by atoms with Crippen LogP contribution < -0.4 is 5.73 Å². The minimum atomic E-state index is -0.115. The third-order valence-corrected chi connectivity index (χ3v) is 5.63. The van der Waals surface area contributed by atoms with Gasteiger partial charge in [0.05, 0.1) is 5.84 Å². The average Bonchev–Trinajstić information content (AvgIpc) is 2.43. The maximum Gasteiger partial charge on any atom is 0.0963 e. The zero-order valence-corrected chi connectivity index (χ0v) is 13.5. The van der Waals surface area contributed by atoms with E-state index in [9.17, 15) is 0 Å². The Morgan fingerprint density at radius 2 is 1.85 bits per heavy atom. The van der Waals surface area contributed by atoms with E-state index in [0.717, 1.165) is 18.3 Å². The average molecular weight is 279 g/mol. The number of piperidine rings is 1. The third kappa shape index (κ3) is 4.21. The van der Waals surface area contributed by atoms with E-state index >= 15 is 0 Å². The fourth-order valence-electron chi connectivity index (χ4n) is 3.92. The van der Waals surface area contributed by atoms with Crippen LogP contribution in [-0.4, -0.2) is 30.4 Å². The van der Waals surface area contributed by atoms with Crippen molar-refractivity contribution in [2.75, 3.05) is 19.6 Å². The molecule has 1 saturated carbocycles. The van der Waals surface area contributed by atoms with Crippen molar-refractivity contribution in [3.8, 4) is 0 Å². The molecule has 116 valence electrons. The van der Waals surface area contributed by atoms with Gasteiger partial charge in [0, 0.05) is 12.0 Å². The van der Waals surface area contributed by atoms with Crippen molar-refractivity contribution < 1.29 is 0 Å². The highest BCUT2D eigenvalue weighted by Gasteiger charge is 2.30. The predicted molar refractivity (Wildman–Crippen MR) is 86.1 cm³/mol. The largest absolute Gasteiger partial charge is 0.387 e. The molecule has 2 fully saturated rings. The first-order chi connectivity index (χ1) is 9.49. The summed E-state index contributed by atoms with van der Waals surface area (Å²) >= 11 is 0. The molecule has 0 bridgehead atoms. The Morgan fingerprint density at radius 3 is 2.55 bits per heavy atom. The number of unbranched alkanes of at least 4 members (excludes halogenated alkanes) is 1. The van der Waals surface area contributed by atoms with Crippen LogP contribution in [0.15, 0.2) is 0 Å². The highest BCUT2D eigenvalue weighted by molar-refractivity contribution is 5.82. The van der Waals surface area contributed by atoms with Crippen molar-refractivity contribution in [2.45, 2.75) is 65.2 Å². The fourth-order valence-corrected chi connectivity index (χ4v) is 3.92. The number of nitrogens with zero attached hydrogens (tertiary/aromatic N) is 1. The molecule has 1 aliphatic heterocycles. The van der Waals surface area contributed by atoms with Crippen LogP contribution in [0.2, 0.25) is 0 Å². The van der Waals surface area contributed by atoms with E-state index in [4.69, 9.17) is 11.1 Å². The van der Waals surface area contributed by atoms with Crippen molar-refractivity contribution in [3.05, 3.63) is 0 Å². The zero-order valence-electron chi connectivity index (χ0n) is 13.5. The molecule has 0 amide bonds. The van der Waals surface area contributed by atoms with E-state index in [1.165, 1.54) is 64.6 Å². The smallest absolute Gasteiger partial charge is 0.0963 e. The number of hydrogen-bond donors (Lipinski definition) is 2. The van der Waals surface area contributed by atoms with Crippen molar-refractivity contribution in [3.63, 3.8) is 0 Å². The zero-order chi connectivity index (χ0) is 14.6. The number of nitrogens with two attached hydrogens (primary N) is 1. The van der Waals surface area contributed by atoms with Gasteiger partial charge in [-0.3, -0.25) is 5.41 Å². The van der Waals surface area contributed by atoms with Crippen molar-refractivity contribution in [1.29, 1.82) is 5.41 Å². The van der Waals surface area contributed by atoms with Crippen LogP contribution >= 0.6 is 0 Å². The van der Waals surface area contributed by atoms with Gasteiger partial charge >= 0.3 is 0 Å². The van der Waals surface area contributed by atoms with Gasteiger partial charge in [-0.25, -0.2) is 0 Å². The highest BCUT2D eigenvalue weighted by Crippen LogP contribution is 2.36. The molecule has 20 heavy (non-hydrogen) atoms. The van der Waals surface area contributed by atoms with Crippen LogP contribution in [0.1, 0.15) is 65.2 Å². The van der Waals surface area contributed by atoms with Crippen LogP contribution in [-0.2, 0) is 0 Å². The fraction of sp³-hybridized carbons (Fsp3) is 0.941. The molecule has 3 N–H and O–H groups in total. The van der Waals surface area contributed by atoms with E-state index in [0.29, 0.717) is 5.84 Å². The molecule has 2 aliphatic rings. The quantitative estimate of drug-likeness (QED) is 0.443. The summed E-state index contributed by atoms with van der Waals surface area (Å²) in [4.78, 5) is 2.69. The Morgan fingerprint density at radius 1 is 1.15 bits per heavy atom. The molecule has 0 radical (unpaired) electrons. The van der Waals surface area contributed by atoms with Crippen molar-refractivity contribution >= 4 is 5.84 Å². The first-order valence-corrected chi connectivity index (χ1v) is 8.56. The highest BCUT2D eigenvalue weighted by atomic mass is 15.1. The second-order valence-corrected chi connectivity index (χ2v) is 7.65. The maximum atomic E-state index is 7.60. The first kappa shape index (κ1) is 15.8. The van der Waals surface area contributed by atoms with Crippen LogP contribution in [0, 0.1) is 22.7 Å². The van der Waals surface area contributed by atoms with Gasteiger partial charge in [-0.05, 0) is 50.6 Å². The summed E-state index contributed by atoms with van der Waals surface area (Å²) in [5.41, 5.74) is 5.53. The number of rotatable bonds is 6. The summed E-state index contributed by atoms with van der Waals surface area (Å²) in [6.07, 6.45) is 10.8. The molecule has 0 aromatic heterocycles. The summed E-state index contributed by atoms with van der Waals surface area (Å²) in [7, 11) is 0. The summed E-state index contributed by atoms with van der Waals surface area (Å²) in [5.74, 6) is 2.36. The molecule has 0 spiro atoms. The van der Waals surface area contributed by atoms with Crippen LogP contribution in [0.25, 0.3) is 0 Å². The second kappa shape index (κ2) is 6.93. The Bertz CT molecular complexity index is 324. The minimum absolute atomic E-state index is 0.115. The lowest BCUT2D eigenvalue weighted by molar-refractivity contribution is 0.0853. The predicted octanol–water partition coefficient (Wildman–Crippen LogP) is 3.63. The van der Waals surface area contributed by atoms with Gasteiger partial charge < -0.3 is 10.6 Å². The lowest BCUT2D eigenvalue weighted by atomic mass is 9.75. The molecule has 3 nitrogen and oxygen atoms in total. The van der Waals surface area contributed by atoms with Gasteiger partial charge in [0.1, 0.15) is 0 Å². The minimum Gasteiger partial charge on any atom is -0.387 e. The van der Waals surface area contributed by atoms with E-state index in [2.05, 4.69) is 18.7 Å². The lowest BCUT2D eigenvalue weighted by Gasteiger charge is -2.41. The first-order valence-electron chi connectivity index (χ1n) is 8.56. The second-order valence-electron chi connectivity index (χ2n) is 7.65. The topological polar surface area (TPSA) is 53.1 Å². The van der Waals surface area contributed by atoms with Crippen LogP contribution in [0.5, 0.6) is 0 Å². The monoisotopic (exact) mass is 279 g/mol. The summed E-state index contributed by atoms with van der Waals surface area (Å²) in [6.45, 7) is 8.08. The van der Waals surface area contributed by atoms with E-state index in [-0.39, 0.29) is 5.41 Å². The molecule has 2 rings (SSSR count). The Kier molecular flexibility index (Phi) is 5.48. The lowest BCUT2D eigenvalue weighted by Crippen LogP contribution is -2.42. The molecule has 1 saturated heterocycles. The molecule has 0 aromatic rings. The van der Waals surface area contributed by atoms with Gasteiger partial charge in [0.2, 0.25) is 0 Å². The number of amidine groups is 1. The van der Waals surface area contributed by atoms with E-state index in [1.807, 2.05) is 0 Å². The van der Waals surface area contributed by atoms with E-state index in [1.54, 1.807) is 0 Å². The SMILES string of the molecule is CC(C)(CCCCN1CCC2CCCCC2C1)C(=N)N. The number of nitrogens with one attached hydrogen (secondary N) is 1. The van der Waals surface area contributed by atoms with E-state index < -0.39 is 0 Å². The Hall–Kier alpha value is -0.570. The maximum absolute atomic E-state index is 7.60.